The van der Waals surface area contributed by atoms with Gasteiger partial charge in [0.2, 0.25) is 10.0 Å². The predicted molar refractivity (Wildman–Crippen MR) is 80.1 cm³/mol. The number of nitrogens with two attached hydrogens (primary N) is 1. The largest absolute Gasteiger partial charge is 0.385 e. The van der Waals surface area contributed by atoms with E-state index in [2.05, 4.69) is 4.72 Å². The minimum absolute atomic E-state index is 0.0326. The minimum Gasteiger partial charge on any atom is -0.385 e. The highest BCUT2D eigenvalue weighted by Crippen LogP contribution is 2.13. The Morgan fingerprint density at radius 1 is 1.30 bits per heavy atom. The van der Waals surface area contributed by atoms with E-state index in [1.54, 1.807) is 31.2 Å². The molecule has 1 aromatic carbocycles. The lowest BCUT2D eigenvalue weighted by Crippen LogP contribution is -2.31. The fraction of sp³-hybridized carbons (Fsp3) is 0.308. The summed E-state index contributed by atoms with van der Waals surface area (Å²) in [6.07, 6.45) is 0. The zero-order valence-electron chi connectivity index (χ0n) is 11.2. The van der Waals surface area contributed by atoms with Gasteiger partial charge in [0.15, 0.2) is 0 Å². The van der Waals surface area contributed by atoms with E-state index in [0.29, 0.717) is 11.9 Å². The summed E-state index contributed by atoms with van der Waals surface area (Å²) < 4.78 is 26.9. The molecule has 1 aromatic heterocycles. The first-order chi connectivity index (χ1) is 9.44. The average molecular weight is 295 g/mol. The molecule has 2 aromatic rings. The van der Waals surface area contributed by atoms with E-state index in [4.69, 9.17) is 5.73 Å². The Morgan fingerprint density at radius 2 is 2.00 bits per heavy atom. The molecule has 0 aliphatic rings. The zero-order chi connectivity index (χ0) is 14.8. The third-order valence-electron chi connectivity index (χ3n) is 3.00. The van der Waals surface area contributed by atoms with Gasteiger partial charge in [-0.2, -0.15) is 0 Å². The number of hydrogen-bond donors (Lipinski definition) is 2. The van der Waals surface area contributed by atoms with Gasteiger partial charge in [-0.25, -0.2) is 13.1 Å². The Hall–Kier alpha value is -1.86. The van der Waals surface area contributed by atoms with E-state index >= 15 is 0 Å². The average Bonchev–Trinajstić information content (AvgIpc) is 2.38. The molecule has 0 atom stereocenters. The van der Waals surface area contributed by atoms with Crippen LogP contribution < -0.4 is 16.0 Å². The van der Waals surface area contributed by atoms with Crippen molar-refractivity contribution in [1.29, 1.82) is 0 Å². The number of sulfonamides is 1. The lowest BCUT2D eigenvalue weighted by atomic mass is 10.1. The smallest absolute Gasteiger partial charge is 0.260 e. The first-order valence-electron chi connectivity index (χ1n) is 6.30. The Kier molecular flexibility index (Phi) is 4.10. The highest BCUT2D eigenvalue weighted by atomic mass is 32.2. The van der Waals surface area contributed by atoms with E-state index in [0.717, 1.165) is 5.39 Å². The quantitative estimate of drug-likeness (QED) is 0.841. The van der Waals surface area contributed by atoms with Crippen molar-refractivity contribution >= 4 is 26.6 Å². The number of aromatic nitrogens is 1. The van der Waals surface area contributed by atoms with E-state index in [-0.39, 0.29) is 23.7 Å². The molecule has 0 saturated carbocycles. The van der Waals surface area contributed by atoms with Crippen LogP contribution in [0.25, 0.3) is 10.8 Å². The molecule has 0 aliphatic heterocycles. The van der Waals surface area contributed by atoms with Gasteiger partial charge in [0, 0.05) is 18.5 Å². The van der Waals surface area contributed by atoms with Crippen molar-refractivity contribution in [2.24, 2.45) is 0 Å². The third kappa shape index (κ3) is 3.00. The maximum atomic E-state index is 12.3. The highest BCUT2D eigenvalue weighted by molar-refractivity contribution is 7.89. The number of fused-ring (bicyclic) bond motifs is 1. The first-order valence-corrected chi connectivity index (χ1v) is 7.95. The van der Waals surface area contributed by atoms with Gasteiger partial charge in [-0.15, -0.1) is 0 Å². The Labute approximate surface area is 117 Å². The van der Waals surface area contributed by atoms with Crippen LogP contribution in [0.1, 0.15) is 6.92 Å². The predicted octanol–water partition coefficient (Wildman–Crippen LogP) is 0.523. The summed E-state index contributed by atoms with van der Waals surface area (Å²) in [6.45, 7) is 2.06. The third-order valence-corrected chi connectivity index (χ3v) is 4.45. The van der Waals surface area contributed by atoms with Crippen LogP contribution in [0, 0.1) is 0 Å². The summed E-state index contributed by atoms with van der Waals surface area (Å²) in [5.74, 6) is 0.0870. The first kappa shape index (κ1) is 14.5. The van der Waals surface area contributed by atoms with Crippen LogP contribution in [0.15, 0.2) is 35.1 Å². The van der Waals surface area contributed by atoms with Gasteiger partial charge in [-0.1, -0.05) is 25.1 Å². The molecule has 6 nitrogen and oxygen atoms in total. The monoisotopic (exact) mass is 295 g/mol. The Balaban J connectivity index is 2.38. The Morgan fingerprint density at radius 3 is 2.70 bits per heavy atom. The van der Waals surface area contributed by atoms with Crippen molar-refractivity contribution in [1.82, 2.24) is 9.29 Å². The normalized spacial score (nSPS) is 11.8. The van der Waals surface area contributed by atoms with Crippen LogP contribution in [0.4, 0.5) is 5.82 Å². The molecule has 108 valence electrons. The van der Waals surface area contributed by atoms with Crippen molar-refractivity contribution in [3.8, 4) is 0 Å². The maximum absolute atomic E-state index is 12.3. The molecule has 0 bridgehead atoms. The summed E-state index contributed by atoms with van der Waals surface area (Å²) in [7, 11) is -3.38. The molecule has 7 heteroatoms. The number of pyridine rings is 1. The topological polar surface area (TPSA) is 94.2 Å². The minimum atomic E-state index is -3.38. The molecule has 2 rings (SSSR count). The number of benzene rings is 1. The van der Waals surface area contributed by atoms with Gasteiger partial charge < -0.3 is 5.73 Å². The van der Waals surface area contributed by atoms with Crippen LogP contribution in [0.5, 0.6) is 0 Å². The molecular formula is C13H17N3O3S. The van der Waals surface area contributed by atoms with Crippen LogP contribution in [-0.4, -0.2) is 25.3 Å². The lowest BCUT2D eigenvalue weighted by molar-refractivity contribution is 0.576. The summed E-state index contributed by atoms with van der Waals surface area (Å²) in [4.78, 5) is 12.3. The second-order valence-corrected chi connectivity index (χ2v) is 6.36. The number of nitrogens with zero attached hydrogens (tertiary/aromatic N) is 1. The van der Waals surface area contributed by atoms with Gasteiger partial charge in [0.1, 0.15) is 5.82 Å². The van der Waals surface area contributed by atoms with Gasteiger partial charge in [0.05, 0.1) is 5.75 Å². The standard InChI is InChI=1S/C13H17N3O3S/c1-2-15-20(18,19)8-7-16-12(14)9-10-5-3-4-6-11(10)13(16)17/h3-6,9,15H,2,7-8,14H2,1H3. The second kappa shape index (κ2) is 5.64. The molecule has 0 unspecified atom stereocenters. The van der Waals surface area contributed by atoms with E-state index in [1.807, 2.05) is 6.07 Å². The van der Waals surface area contributed by atoms with Crippen molar-refractivity contribution in [3.05, 3.63) is 40.7 Å². The fourth-order valence-corrected chi connectivity index (χ4v) is 3.06. The number of hydrogen-bond acceptors (Lipinski definition) is 4. The van der Waals surface area contributed by atoms with E-state index < -0.39 is 10.0 Å². The molecule has 0 radical (unpaired) electrons. The summed E-state index contributed by atoms with van der Waals surface area (Å²) in [5, 5.41) is 1.28. The highest BCUT2D eigenvalue weighted by Gasteiger charge is 2.12. The van der Waals surface area contributed by atoms with Crippen molar-refractivity contribution in [3.63, 3.8) is 0 Å². The molecule has 0 aliphatic carbocycles. The van der Waals surface area contributed by atoms with Gasteiger partial charge in [-0.3, -0.25) is 9.36 Å². The van der Waals surface area contributed by atoms with E-state index in [9.17, 15) is 13.2 Å². The summed E-state index contributed by atoms with van der Waals surface area (Å²) in [5.41, 5.74) is 5.57. The molecule has 0 saturated heterocycles. The van der Waals surface area contributed by atoms with Gasteiger partial charge in [0.25, 0.3) is 5.56 Å². The molecule has 20 heavy (non-hydrogen) atoms. The van der Waals surface area contributed by atoms with Crippen molar-refractivity contribution in [2.75, 3.05) is 18.0 Å². The lowest BCUT2D eigenvalue weighted by Gasteiger charge is -2.11. The number of nitrogens with one attached hydrogen (secondary N) is 1. The number of nitrogen functional groups attached to an aromatic ring is 1. The number of rotatable bonds is 5. The maximum Gasteiger partial charge on any atom is 0.260 e. The van der Waals surface area contributed by atoms with Crippen LogP contribution in [-0.2, 0) is 16.6 Å². The summed E-state index contributed by atoms with van der Waals surface area (Å²) in [6, 6.07) is 8.76. The summed E-state index contributed by atoms with van der Waals surface area (Å²) >= 11 is 0. The SMILES string of the molecule is CCNS(=O)(=O)CCn1c(N)cc2ccccc2c1=O. The van der Waals surface area contributed by atoms with Crippen LogP contribution >= 0.6 is 0 Å². The van der Waals surface area contributed by atoms with Crippen LogP contribution in [0.3, 0.4) is 0 Å². The Bertz CT molecular complexity index is 781. The molecule has 0 spiro atoms. The molecule has 1 heterocycles. The van der Waals surface area contributed by atoms with Crippen LogP contribution in [0.2, 0.25) is 0 Å². The fourth-order valence-electron chi connectivity index (χ4n) is 2.05. The van der Waals surface area contributed by atoms with Gasteiger partial charge in [-0.05, 0) is 17.5 Å². The van der Waals surface area contributed by atoms with Crippen molar-refractivity contribution < 1.29 is 8.42 Å². The molecule has 3 N–H and O–H groups in total. The van der Waals surface area contributed by atoms with Gasteiger partial charge >= 0.3 is 0 Å². The van der Waals surface area contributed by atoms with E-state index in [1.165, 1.54) is 4.57 Å². The molecule has 0 fully saturated rings. The second-order valence-electron chi connectivity index (χ2n) is 4.43. The number of anilines is 1. The zero-order valence-corrected chi connectivity index (χ0v) is 12.0. The van der Waals surface area contributed by atoms with Crippen molar-refractivity contribution in [2.45, 2.75) is 13.5 Å². The molecular weight excluding hydrogens is 278 g/mol. The molecule has 0 amide bonds.